The highest BCUT2D eigenvalue weighted by atomic mass is 16.6. The third-order valence-corrected chi connectivity index (χ3v) is 2.95. The van der Waals surface area contributed by atoms with E-state index in [1.165, 1.54) is 4.90 Å². The molecule has 0 saturated carbocycles. The SMILES string of the molecule is CN(C(=O)Oc1noc2ccccc12)c1ccccc1. The van der Waals surface area contributed by atoms with E-state index in [0.717, 1.165) is 5.69 Å². The third kappa shape index (κ3) is 2.21. The standard InChI is InChI=1S/C15H12N2O3/c1-17(11-7-3-2-4-8-11)15(18)19-14-12-9-5-6-10-13(12)20-16-14/h2-10H,1H3. The van der Waals surface area contributed by atoms with Crippen LogP contribution in [0.1, 0.15) is 0 Å². The lowest BCUT2D eigenvalue weighted by molar-refractivity contribution is 0.205. The van der Waals surface area contributed by atoms with Gasteiger partial charge >= 0.3 is 6.09 Å². The van der Waals surface area contributed by atoms with E-state index in [4.69, 9.17) is 9.26 Å². The van der Waals surface area contributed by atoms with Gasteiger partial charge in [0.05, 0.1) is 5.39 Å². The van der Waals surface area contributed by atoms with Crippen molar-refractivity contribution >= 4 is 22.7 Å². The van der Waals surface area contributed by atoms with Crippen LogP contribution < -0.4 is 9.64 Å². The maximum atomic E-state index is 12.1. The molecule has 0 fully saturated rings. The Balaban J connectivity index is 1.82. The first kappa shape index (κ1) is 12.2. The summed E-state index contributed by atoms with van der Waals surface area (Å²) >= 11 is 0. The predicted molar refractivity (Wildman–Crippen MR) is 74.9 cm³/mol. The second kappa shape index (κ2) is 5.05. The van der Waals surface area contributed by atoms with Gasteiger partial charge in [-0.15, -0.1) is 0 Å². The van der Waals surface area contributed by atoms with Gasteiger partial charge in [0.25, 0.3) is 5.88 Å². The lowest BCUT2D eigenvalue weighted by Gasteiger charge is -2.15. The van der Waals surface area contributed by atoms with E-state index in [1.54, 1.807) is 19.2 Å². The van der Waals surface area contributed by atoms with Crippen LogP contribution in [-0.4, -0.2) is 18.3 Å². The summed E-state index contributed by atoms with van der Waals surface area (Å²) in [6.45, 7) is 0. The molecule has 1 amide bonds. The summed E-state index contributed by atoms with van der Waals surface area (Å²) in [5.74, 6) is 0.174. The zero-order chi connectivity index (χ0) is 13.9. The van der Waals surface area contributed by atoms with Crippen LogP contribution in [0.2, 0.25) is 0 Å². The first-order valence-electron chi connectivity index (χ1n) is 6.11. The molecular formula is C15H12N2O3. The largest absolute Gasteiger partial charge is 0.420 e. The summed E-state index contributed by atoms with van der Waals surface area (Å²) in [5, 5.41) is 4.44. The number of para-hydroxylation sites is 2. The van der Waals surface area contributed by atoms with E-state index in [9.17, 15) is 4.79 Å². The number of hydrogen-bond acceptors (Lipinski definition) is 4. The van der Waals surface area contributed by atoms with E-state index >= 15 is 0 Å². The summed E-state index contributed by atoms with van der Waals surface area (Å²) in [5.41, 5.74) is 1.32. The van der Waals surface area contributed by atoms with Gasteiger partial charge in [0.15, 0.2) is 5.58 Å². The van der Waals surface area contributed by atoms with Gasteiger partial charge in [-0.1, -0.05) is 30.3 Å². The molecule has 0 aliphatic rings. The lowest BCUT2D eigenvalue weighted by Crippen LogP contribution is -2.29. The molecule has 2 aromatic carbocycles. The van der Waals surface area contributed by atoms with Crippen LogP contribution in [0.4, 0.5) is 10.5 Å². The summed E-state index contributed by atoms with van der Waals surface area (Å²) in [4.78, 5) is 13.5. The Morgan fingerprint density at radius 1 is 1.10 bits per heavy atom. The number of carbonyl (C=O) groups is 1. The van der Waals surface area contributed by atoms with Gasteiger partial charge in [-0.25, -0.2) is 4.79 Å². The fourth-order valence-corrected chi connectivity index (χ4v) is 1.84. The number of nitrogens with zero attached hydrogens (tertiary/aromatic N) is 2. The molecule has 0 bridgehead atoms. The van der Waals surface area contributed by atoms with E-state index < -0.39 is 6.09 Å². The fourth-order valence-electron chi connectivity index (χ4n) is 1.84. The second-order valence-electron chi connectivity index (χ2n) is 4.25. The smallest absolute Gasteiger partial charge is 0.387 e. The molecule has 0 radical (unpaired) electrons. The number of rotatable bonds is 2. The first-order valence-corrected chi connectivity index (χ1v) is 6.11. The number of hydrogen-bond donors (Lipinski definition) is 0. The number of anilines is 1. The van der Waals surface area contributed by atoms with Gasteiger partial charge in [0.1, 0.15) is 0 Å². The number of amides is 1. The van der Waals surface area contributed by atoms with E-state index in [2.05, 4.69) is 5.16 Å². The summed E-state index contributed by atoms with van der Waals surface area (Å²) in [6, 6.07) is 16.4. The summed E-state index contributed by atoms with van der Waals surface area (Å²) < 4.78 is 10.4. The Morgan fingerprint density at radius 3 is 2.60 bits per heavy atom. The Bertz CT molecular complexity index is 737. The topological polar surface area (TPSA) is 55.6 Å². The molecule has 0 spiro atoms. The van der Waals surface area contributed by atoms with Crippen LogP contribution in [0, 0.1) is 0 Å². The molecule has 100 valence electrons. The maximum Gasteiger partial charge on any atom is 0.420 e. The van der Waals surface area contributed by atoms with Crippen LogP contribution in [0.15, 0.2) is 59.1 Å². The molecule has 5 nitrogen and oxygen atoms in total. The minimum atomic E-state index is -0.518. The van der Waals surface area contributed by atoms with Crippen LogP contribution in [-0.2, 0) is 0 Å². The summed E-state index contributed by atoms with van der Waals surface area (Å²) in [7, 11) is 1.64. The number of aromatic nitrogens is 1. The molecule has 0 aliphatic carbocycles. The van der Waals surface area contributed by atoms with Gasteiger partial charge in [0, 0.05) is 12.7 Å². The average molecular weight is 268 g/mol. The number of carbonyl (C=O) groups excluding carboxylic acids is 1. The van der Waals surface area contributed by atoms with Crippen molar-refractivity contribution in [2.45, 2.75) is 0 Å². The van der Waals surface area contributed by atoms with Crippen molar-refractivity contribution < 1.29 is 14.1 Å². The minimum absolute atomic E-state index is 0.174. The van der Waals surface area contributed by atoms with Crippen molar-refractivity contribution in [2.75, 3.05) is 11.9 Å². The van der Waals surface area contributed by atoms with E-state index in [-0.39, 0.29) is 5.88 Å². The van der Waals surface area contributed by atoms with Crippen molar-refractivity contribution in [1.29, 1.82) is 0 Å². The van der Waals surface area contributed by atoms with Crippen molar-refractivity contribution in [1.82, 2.24) is 5.16 Å². The molecule has 1 aromatic heterocycles. The number of fused-ring (bicyclic) bond motifs is 1. The van der Waals surface area contributed by atoms with Crippen molar-refractivity contribution in [3.05, 3.63) is 54.6 Å². The van der Waals surface area contributed by atoms with Gasteiger partial charge in [0.2, 0.25) is 0 Å². The molecule has 0 atom stereocenters. The molecule has 3 aromatic rings. The number of ether oxygens (including phenoxy) is 1. The van der Waals surface area contributed by atoms with Gasteiger partial charge < -0.3 is 9.26 Å². The highest BCUT2D eigenvalue weighted by Crippen LogP contribution is 2.25. The Morgan fingerprint density at radius 2 is 1.80 bits per heavy atom. The highest BCUT2D eigenvalue weighted by Gasteiger charge is 2.17. The molecule has 0 N–H and O–H groups in total. The maximum absolute atomic E-state index is 12.1. The Labute approximate surface area is 115 Å². The molecule has 0 saturated heterocycles. The first-order chi connectivity index (χ1) is 9.75. The third-order valence-electron chi connectivity index (χ3n) is 2.95. The molecule has 1 heterocycles. The molecule has 0 aliphatic heterocycles. The zero-order valence-electron chi connectivity index (χ0n) is 10.8. The normalized spacial score (nSPS) is 10.4. The molecule has 20 heavy (non-hydrogen) atoms. The molecule has 0 unspecified atom stereocenters. The number of benzene rings is 2. The van der Waals surface area contributed by atoms with E-state index in [0.29, 0.717) is 11.0 Å². The zero-order valence-corrected chi connectivity index (χ0v) is 10.8. The predicted octanol–water partition coefficient (Wildman–Crippen LogP) is 3.46. The van der Waals surface area contributed by atoms with Crippen LogP contribution >= 0.6 is 0 Å². The van der Waals surface area contributed by atoms with E-state index in [1.807, 2.05) is 42.5 Å². The summed E-state index contributed by atoms with van der Waals surface area (Å²) in [6.07, 6.45) is -0.518. The van der Waals surface area contributed by atoms with Crippen molar-refractivity contribution in [2.24, 2.45) is 0 Å². The van der Waals surface area contributed by atoms with Crippen LogP contribution in [0.3, 0.4) is 0 Å². The minimum Gasteiger partial charge on any atom is -0.387 e. The fraction of sp³-hybridized carbons (Fsp3) is 0.0667. The van der Waals surface area contributed by atoms with Gasteiger partial charge in [-0.2, -0.15) is 0 Å². The Kier molecular flexibility index (Phi) is 3.09. The quantitative estimate of drug-likeness (QED) is 0.714. The van der Waals surface area contributed by atoms with Crippen LogP contribution in [0.5, 0.6) is 5.88 Å². The second-order valence-corrected chi connectivity index (χ2v) is 4.25. The molecule has 3 rings (SSSR count). The van der Waals surface area contributed by atoms with Crippen molar-refractivity contribution in [3.63, 3.8) is 0 Å². The highest BCUT2D eigenvalue weighted by molar-refractivity contribution is 5.91. The average Bonchev–Trinajstić information content (AvgIpc) is 2.91. The lowest BCUT2D eigenvalue weighted by atomic mass is 10.3. The Hall–Kier alpha value is -2.82. The van der Waals surface area contributed by atoms with Crippen molar-refractivity contribution in [3.8, 4) is 5.88 Å². The molecule has 5 heteroatoms. The van der Waals surface area contributed by atoms with Gasteiger partial charge in [-0.3, -0.25) is 4.90 Å². The van der Waals surface area contributed by atoms with Crippen LogP contribution in [0.25, 0.3) is 11.0 Å². The molecular weight excluding hydrogens is 256 g/mol. The monoisotopic (exact) mass is 268 g/mol. The van der Waals surface area contributed by atoms with Gasteiger partial charge in [-0.05, 0) is 29.4 Å².